The first-order valence-electron chi connectivity index (χ1n) is 5.71. The number of aliphatic hydroxyl groups is 1. The van der Waals surface area contributed by atoms with Crippen LogP contribution in [0.1, 0.15) is 19.2 Å². The first-order chi connectivity index (χ1) is 8.22. The molecule has 0 atom stereocenters. The monoisotopic (exact) mass is 230 g/mol. The minimum Gasteiger partial charge on any atom is -0.388 e. The van der Waals surface area contributed by atoms with Gasteiger partial charge < -0.3 is 9.67 Å². The molecule has 1 N–H and O–H groups in total. The quantitative estimate of drug-likeness (QED) is 0.874. The van der Waals surface area contributed by atoms with E-state index >= 15 is 0 Å². The van der Waals surface area contributed by atoms with E-state index in [1.807, 2.05) is 35.8 Å². The Kier molecular flexibility index (Phi) is 2.22. The van der Waals surface area contributed by atoms with Gasteiger partial charge in [-0.2, -0.15) is 10.2 Å². The predicted octanol–water partition coefficient (Wildman–Crippen LogP) is 2.10. The minimum atomic E-state index is -0.210. The van der Waals surface area contributed by atoms with Crippen LogP contribution in [0.5, 0.6) is 0 Å². The van der Waals surface area contributed by atoms with Crippen molar-refractivity contribution in [2.24, 2.45) is 10.2 Å². The average Bonchev–Trinajstić information content (AvgIpc) is 2.97. The van der Waals surface area contributed by atoms with Gasteiger partial charge in [0.1, 0.15) is 12.4 Å². The molecule has 0 aliphatic carbocycles. The number of rotatable bonds is 4. The van der Waals surface area contributed by atoms with E-state index in [1.54, 1.807) is 0 Å². The lowest BCUT2D eigenvalue weighted by Crippen LogP contribution is -2.12. The molecule has 1 aromatic heterocycles. The van der Waals surface area contributed by atoms with Crippen LogP contribution in [-0.4, -0.2) is 20.3 Å². The number of benzene rings is 1. The molecule has 0 saturated heterocycles. The largest absolute Gasteiger partial charge is 0.388 e. The van der Waals surface area contributed by atoms with Crippen LogP contribution in [0.15, 0.2) is 34.5 Å². The van der Waals surface area contributed by atoms with Crippen LogP contribution in [0.3, 0.4) is 0 Å². The highest BCUT2D eigenvalue weighted by Crippen LogP contribution is 2.32. The second-order valence-corrected chi connectivity index (χ2v) is 4.49. The summed E-state index contributed by atoms with van der Waals surface area (Å²) in [6.45, 7) is 2.74. The fourth-order valence-corrected chi connectivity index (χ4v) is 2.00. The molecule has 0 fully saturated rings. The summed E-state index contributed by atoms with van der Waals surface area (Å²) in [6.07, 6.45) is 0.848. The molecule has 0 bridgehead atoms. The average molecular weight is 230 g/mol. The molecule has 88 valence electrons. The van der Waals surface area contributed by atoms with Gasteiger partial charge in [0.25, 0.3) is 0 Å². The van der Waals surface area contributed by atoms with Crippen molar-refractivity contribution in [3.8, 4) is 0 Å². The third kappa shape index (κ3) is 1.82. The van der Waals surface area contributed by atoms with Crippen molar-refractivity contribution in [3.05, 3.63) is 30.1 Å². The molecule has 0 unspecified atom stereocenters. The fourth-order valence-electron chi connectivity index (χ4n) is 2.00. The third-order valence-corrected chi connectivity index (χ3v) is 3.13. The Morgan fingerprint density at radius 1 is 1.29 bits per heavy atom. The molecule has 0 saturated carbocycles. The standard InChI is InChI=1S/C12H14N4O/c1-12(14-15-12)6-7-16-10-5-3-2-4-9(10)13-11(16)8-17/h2-5,17H,6-8H2,1H3. The van der Waals surface area contributed by atoms with E-state index in [9.17, 15) is 5.11 Å². The van der Waals surface area contributed by atoms with Crippen LogP contribution in [-0.2, 0) is 13.2 Å². The molecule has 0 radical (unpaired) electrons. The van der Waals surface area contributed by atoms with Gasteiger partial charge in [0.15, 0.2) is 5.66 Å². The Bertz CT molecular complexity index is 581. The number of para-hydroxylation sites is 2. The highest BCUT2D eigenvalue weighted by atomic mass is 16.3. The fraction of sp³-hybridized carbons (Fsp3) is 0.417. The van der Waals surface area contributed by atoms with Crippen LogP contribution >= 0.6 is 0 Å². The van der Waals surface area contributed by atoms with Gasteiger partial charge in [-0.15, -0.1) is 0 Å². The van der Waals surface area contributed by atoms with E-state index in [1.165, 1.54) is 0 Å². The van der Waals surface area contributed by atoms with E-state index < -0.39 is 0 Å². The van der Waals surface area contributed by atoms with Gasteiger partial charge in [0, 0.05) is 13.0 Å². The zero-order valence-corrected chi connectivity index (χ0v) is 9.67. The third-order valence-electron chi connectivity index (χ3n) is 3.13. The number of hydrogen-bond acceptors (Lipinski definition) is 4. The Hall–Kier alpha value is -1.75. The van der Waals surface area contributed by atoms with Gasteiger partial charge in [-0.3, -0.25) is 0 Å². The van der Waals surface area contributed by atoms with Crippen LogP contribution < -0.4 is 0 Å². The lowest BCUT2D eigenvalue weighted by molar-refractivity contribution is 0.265. The molecule has 5 heteroatoms. The number of aromatic nitrogens is 2. The number of hydrogen-bond donors (Lipinski definition) is 1. The van der Waals surface area contributed by atoms with E-state index in [-0.39, 0.29) is 12.3 Å². The molecule has 0 amide bonds. The summed E-state index contributed by atoms with van der Waals surface area (Å²) < 4.78 is 2.05. The molecule has 5 nitrogen and oxygen atoms in total. The molecule has 1 aliphatic heterocycles. The van der Waals surface area contributed by atoms with Crippen LogP contribution in [0, 0.1) is 0 Å². The highest BCUT2D eigenvalue weighted by Gasteiger charge is 2.33. The zero-order valence-electron chi connectivity index (χ0n) is 9.67. The smallest absolute Gasteiger partial charge is 0.189 e. The van der Waals surface area contributed by atoms with Gasteiger partial charge in [0.2, 0.25) is 0 Å². The summed E-state index contributed by atoms with van der Waals surface area (Å²) in [4.78, 5) is 4.40. The molecule has 1 aliphatic rings. The first-order valence-corrected chi connectivity index (χ1v) is 5.71. The second kappa shape index (κ2) is 3.63. The van der Waals surface area contributed by atoms with Crippen molar-refractivity contribution in [2.75, 3.05) is 0 Å². The Morgan fingerprint density at radius 2 is 2.06 bits per heavy atom. The van der Waals surface area contributed by atoms with Crippen LogP contribution in [0.2, 0.25) is 0 Å². The lowest BCUT2D eigenvalue weighted by Gasteiger charge is -2.09. The van der Waals surface area contributed by atoms with E-state index in [2.05, 4.69) is 15.2 Å². The number of aryl methyl sites for hydroxylation is 1. The van der Waals surface area contributed by atoms with Crippen molar-refractivity contribution in [1.29, 1.82) is 0 Å². The lowest BCUT2D eigenvalue weighted by atomic mass is 10.2. The molecular formula is C12H14N4O. The molecule has 3 rings (SSSR count). The topological polar surface area (TPSA) is 62.8 Å². The summed E-state index contributed by atoms with van der Waals surface area (Å²) in [5, 5.41) is 17.3. The van der Waals surface area contributed by atoms with Crippen molar-refractivity contribution in [2.45, 2.75) is 32.2 Å². The summed E-state index contributed by atoms with van der Waals surface area (Å²) >= 11 is 0. The molecule has 1 aromatic carbocycles. The van der Waals surface area contributed by atoms with Gasteiger partial charge in [-0.1, -0.05) is 12.1 Å². The van der Waals surface area contributed by atoms with Gasteiger partial charge in [0.05, 0.1) is 11.0 Å². The summed E-state index contributed by atoms with van der Waals surface area (Å²) in [7, 11) is 0. The number of fused-ring (bicyclic) bond motifs is 1. The zero-order chi connectivity index (χ0) is 11.9. The van der Waals surface area contributed by atoms with E-state index in [0.717, 1.165) is 24.0 Å². The van der Waals surface area contributed by atoms with Crippen LogP contribution in [0.25, 0.3) is 11.0 Å². The molecule has 2 aromatic rings. The summed E-state index contributed by atoms with van der Waals surface area (Å²) in [5.41, 5.74) is 1.77. The highest BCUT2D eigenvalue weighted by molar-refractivity contribution is 5.75. The Balaban J connectivity index is 1.94. The maximum Gasteiger partial charge on any atom is 0.189 e. The number of nitrogens with zero attached hydrogens (tertiary/aromatic N) is 4. The van der Waals surface area contributed by atoms with Crippen molar-refractivity contribution >= 4 is 11.0 Å². The van der Waals surface area contributed by atoms with Gasteiger partial charge >= 0.3 is 0 Å². The Labute approximate surface area is 98.8 Å². The van der Waals surface area contributed by atoms with Crippen molar-refractivity contribution < 1.29 is 5.11 Å². The van der Waals surface area contributed by atoms with Crippen LogP contribution in [0.4, 0.5) is 0 Å². The van der Waals surface area contributed by atoms with Crippen molar-refractivity contribution in [1.82, 2.24) is 9.55 Å². The second-order valence-electron chi connectivity index (χ2n) is 4.49. The SMILES string of the molecule is CC1(CCn2c(CO)nc3ccccc32)N=N1. The normalized spacial score (nSPS) is 16.6. The van der Waals surface area contributed by atoms with E-state index in [4.69, 9.17) is 0 Å². The molecular weight excluding hydrogens is 216 g/mol. The summed E-state index contributed by atoms with van der Waals surface area (Å²) in [5.74, 6) is 0.704. The first kappa shape index (κ1) is 10.4. The molecule has 17 heavy (non-hydrogen) atoms. The number of imidazole rings is 1. The van der Waals surface area contributed by atoms with Crippen molar-refractivity contribution in [3.63, 3.8) is 0 Å². The maximum absolute atomic E-state index is 9.33. The van der Waals surface area contributed by atoms with Gasteiger partial charge in [-0.25, -0.2) is 4.98 Å². The predicted molar refractivity (Wildman–Crippen MR) is 63.5 cm³/mol. The van der Waals surface area contributed by atoms with Gasteiger partial charge in [-0.05, 0) is 19.1 Å². The summed E-state index contributed by atoms with van der Waals surface area (Å²) in [6, 6.07) is 7.91. The van der Waals surface area contributed by atoms with E-state index in [0.29, 0.717) is 5.82 Å². The Morgan fingerprint density at radius 3 is 2.76 bits per heavy atom. The number of aliphatic hydroxyl groups excluding tert-OH is 1. The molecule has 2 heterocycles. The minimum absolute atomic E-state index is 0.0420. The maximum atomic E-state index is 9.33. The molecule has 0 spiro atoms.